The minimum atomic E-state index is -0.453. The average Bonchev–Trinajstić information content (AvgIpc) is 2.62. The summed E-state index contributed by atoms with van der Waals surface area (Å²) in [6, 6.07) is 6.57. The van der Waals surface area contributed by atoms with Gasteiger partial charge < -0.3 is 15.4 Å². The van der Waals surface area contributed by atoms with Crippen molar-refractivity contribution in [3.8, 4) is 0 Å². The third-order valence-electron chi connectivity index (χ3n) is 3.27. The minimum Gasteiger partial charge on any atom is -0.465 e. The fraction of sp³-hybridized carbons (Fsp3) is 0.385. The van der Waals surface area contributed by atoms with Crippen molar-refractivity contribution in [3.63, 3.8) is 0 Å². The Labute approximate surface area is 106 Å². The largest absolute Gasteiger partial charge is 0.465 e. The van der Waals surface area contributed by atoms with Gasteiger partial charge in [-0.15, -0.1) is 0 Å². The molecule has 2 unspecified atom stereocenters. The van der Waals surface area contributed by atoms with E-state index < -0.39 is 5.97 Å². The van der Waals surface area contributed by atoms with Gasteiger partial charge in [-0.3, -0.25) is 4.79 Å². The fourth-order valence-corrected chi connectivity index (χ4v) is 2.21. The summed E-state index contributed by atoms with van der Waals surface area (Å²) in [6.45, 7) is 1.88. The highest BCUT2D eigenvalue weighted by Crippen LogP contribution is 2.29. The summed E-state index contributed by atoms with van der Waals surface area (Å²) in [5.74, 6) is -0.516. The van der Waals surface area contributed by atoms with Crippen LogP contribution in [0.25, 0.3) is 0 Å². The Hall–Kier alpha value is -1.88. The Kier molecular flexibility index (Phi) is 3.34. The first-order valence-electron chi connectivity index (χ1n) is 5.81. The molecule has 1 aromatic carbocycles. The van der Waals surface area contributed by atoms with Crippen LogP contribution in [0.15, 0.2) is 24.3 Å². The molecule has 1 aliphatic rings. The maximum atomic E-state index is 12.0. The van der Waals surface area contributed by atoms with Crippen molar-refractivity contribution in [1.82, 2.24) is 0 Å². The number of para-hydroxylation sites is 1. The lowest BCUT2D eigenvalue weighted by Gasteiger charge is -2.25. The fourth-order valence-electron chi connectivity index (χ4n) is 2.21. The summed E-state index contributed by atoms with van der Waals surface area (Å²) in [4.78, 5) is 25.2. The number of esters is 1. The van der Waals surface area contributed by atoms with Crippen molar-refractivity contribution in [3.05, 3.63) is 29.8 Å². The molecule has 1 fully saturated rings. The van der Waals surface area contributed by atoms with Crippen molar-refractivity contribution in [2.75, 3.05) is 12.0 Å². The molecule has 5 nitrogen and oxygen atoms in total. The second-order valence-corrected chi connectivity index (χ2v) is 4.38. The lowest BCUT2D eigenvalue weighted by atomic mass is 10.1. The van der Waals surface area contributed by atoms with Crippen LogP contribution in [-0.4, -0.2) is 31.1 Å². The van der Waals surface area contributed by atoms with Crippen LogP contribution < -0.4 is 10.6 Å². The number of rotatable bonds is 2. The van der Waals surface area contributed by atoms with Crippen molar-refractivity contribution < 1.29 is 14.3 Å². The second kappa shape index (κ2) is 4.78. The van der Waals surface area contributed by atoms with E-state index in [1.165, 1.54) is 7.11 Å². The molecule has 2 atom stereocenters. The Balaban J connectivity index is 2.45. The molecule has 1 amide bonds. The van der Waals surface area contributed by atoms with E-state index in [-0.39, 0.29) is 18.0 Å². The van der Waals surface area contributed by atoms with Crippen LogP contribution in [0.5, 0.6) is 0 Å². The molecule has 0 radical (unpaired) electrons. The summed E-state index contributed by atoms with van der Waals surface area (Å²) in [6.07, 6.45) is 0.302. The molecular weight excluding hydrogens is 232 g/mol. The highest BCUT2D eigenvalue weighted by atomic mass is 16.5. The number of hydrogen-bond donors (Lipinski definition) is 1. The van der Waals surface area contributed by atoms with Crippen molar-refractivity contribution in [2.45, 2.75) is 25.4 Å². The van der Waals surface area contributed by atoms with Gasteiger partial charge in [0.2, 0.25) is 5.91 Å². The van der Waals surface area contributed by atoms with Gasteiger partial charge in [-0.05, 0) is 19.1 Å². The summed E-state index contributed by atoms with van der Waals surface area (Å²) in [5, 5.41) is 0. The maximum absolute atomic E-state index is 12.0. The van der Waals surface area contributed by atoms with E-state index in [2.05, 4.69) is 0 Å². The number of ether oxygens (including phenoxy) is 1. The summed E-state index contributed by atoms with van der Waals surface area (Å²) < 4.78 is 4.73. The SMILES string of the molecule is COC(=O)c1ccccc1N1C(=O)CC(N)C1C. The summed E-state index contributed by atoms with van der Waals surface area (Å²) in [5.41, 5.74) is 6.82. The number of anilines is 1. The van der Waals surface area contributed by atoms with E-state index in [0.717, 1.165) is 0 Å². The molecule has 2 N–H and O–H groups in total. The van der Waals surface area contributed by atoms with Gasteiger partial charge in [-0.1, -0.05) is 12.1 Å². The molecule has 0 aromatic heterocycles. The topological polar surface area (TPSA) is 72.6 Å². The van der Waals surface area contributed by atoms with Crippen LogP contribution in [0.1, 0.15) is 23.7 Å². The summed E-state index contributed by atoms with van der Waals surface area (Å²) in [7, 11) is 1.32. The molecule has 1 aromatic rings. The Bertz CT molecular complexity index is 487. The Morgan fingerprint density at radius 3 is 2.67 bits per heavy atom. The predicted molar refractivity (Wildman–Crippen MR) is 67.3 cm³/mol. The third kappa shape index (κ3) is 1.97. The van der Waals surface area contributed by atoms with Crippen LogP contribution in [0.3, 0.4) is 0 Å². The van der Waals surface area contributed by atoms with Gasteiger partial charge in [0, 0.05) is 18.5 Å². The van der Waals surface area contributed by atoms with Crippen molar-refractivity contribution in [1.29, 1.82) is 0 Å². The molecule has 2 rings (SSSR count). The molecule has 0 saturated carbocycles. The molecule has 96 valence electrons. The quantitative estimate of drug-likeness (QED) is 0.790. The van der Waals surface area contributed by atoms with E-state index >= 15 is 0 Å². The highest BCUT2D eigenvalue weighted by Gasteiger charge is 2.37. The number of carbonyl (C=O) groups excluding carboxylic acids is 2. The van der Waals surface area contributed by atoms with Gasteiger partial charge in [0.1, 0.15) is 0 Å². The number of nitrogens with zero attached hydrogens (tertiary/aromatic N) is 1. The lowest BCUT2D eigenvalue weighted by molar-refractivity contribution is -0.117. The third-order valence-corrected chi connectivity index (χ3v) is 3.27. The van der Waals surface area contributed by atoms with Crippen LogP contribution >= 0.6 is 0 Å². The van der Waals surface area contributed by atoms with Gasteiger partial charge in [0.05, 0.1) is 18.4 Å². The molecule has 1 heterocycles. The molecule has 5 heteroatoms. The molecule has 1 aliphatic heterocycles. The molecule has 0 spiro atoms. The standard InChI is InChI=1S/C13H16N2O3/c1-8-10(14)7-12(16)15(8)11-6-4-3-5-9(11)13(17)18-2/h3-6,8,10H,7,14H2,1-2H3. The zero-order valence-corrected chi connectivity index (χ0v) is 10.4. The van der Waals surface area contributed by atoms with Gasteiger partial charge in [-0.25, -0.2) is 4.79 Å². The Morgan fingerprint density at radius 2 is 2.11 bits per heavy atom. The predicted octanol–water partition coefficient (Wildman–Crippen LogP) is 0.926. The number of nitrogens with two attached hydrogens (primary N) is 1. The monoisotopic (exact) mass is 248 g/mol. The average molecular weight is 248 g/mol. The normalized spacial score (nSPS) is 23.3. The first kappa shape index (κ1) is 12.6. The van der Waals surface area contributed by atoms with Crippen LogP contribution in [0.2, 0.25) is 0 Å². The van der Waals surface area contributed by atoms with E-state index in [1.54, 1.807) is 29.2 Å². The van der Waals surface area contributed by atoms with Crippen LogP contribution in [0, 0.1) is 0 Å². The van der Waals surface area contributed by atoms with Gasteiger partial charge in [0.25, 0.3) is 0 Å². The minimum absolute atomic E-state index is 0.0636. The van der Waals surface area contributed by atoms with Crippen molar-refractivity contribution in [2.24, 2.45) is 5.73 Å². The number of carbonyl (C=O) groups is 2. The van der Waals surface area contributed by atoms with Crippen LogP contribution in [-0.2, 0) is 9.53 Å². The summed E-state index contributed by atoms with van der Waals surface area (Å²) >= 11 is 0. The Morgan fingerprint density at radius 1 is 1.44 bits per heavy atom. The molecular formula is C13H16N2O3. The number of benzene rings is 1. The van der Waals surface area contributed by atoms with Crippen molar-refractivity contribution >= 4 is 17.6 Å². The molecule has 0 bridgehead atoms. The van der Waals surface area contributed by atoms with Gasteiger partial charge in [-0.2, -0.15) is 0 Å². The number of methoxy groups -OCH3 is 1. The second-order valence-electron chi connectivity index (χ2n) is 4.38. The first-order chi connectivity index (χ1) is 8.56. The molecule has 0 aliphatic carbocycles. The van der Waals surface area contributed by atoms with E-state index in [4.69, 9.17) is 10.5 Å². The zero-order valence-electron chi connectivity index (χ0n) is 10.4. The van der Waals surface area contributed by atoms with E-state index in [1.807, 2.05) is 6.92 Å². The lowest BCUT2D eigenvalue weighted by Crippen LogP contribution is -2.38. The van der Waals surface area contributed by atoms with E-state index in [0.29, 0.717) is 17.7 Å². The number of hydrogen-bond acceptors (Lipinski definition) is 4. The molecule has 1 saturated heterocycles. The number of amides is 1. The molecule has 18 heavy (non-hydrogen) atoms. The van der Waals surface area contributed by atoms with Gasteiger partial charge in [0.15, 0.2) is 0 Å². The zero-order chi connectivity index (χ0) is 13.3. The van der Waals surface area contributed by atoms with Crippen LogP contribution in [0.4, 0.5) is 5.69 Å². The van der Waals surface area contributed by atoms with Gasteiger partial charge >= 0.3 is 5.97 Å². The smallest absolute Gasteiger partial charge is 0.339 e. The maximum Gasteiger partial charge on any atom is 0.339 e. The first-order valence-corrected chi connectivity index (χ1v) is 5.81. The van der Waals surface area contributed by atoms with E-state index in [9.17, 15) is 9.59 Å². The highest BCUT2D eigenvalue weighted by molar-refractivity contribution is 6.04.